The van der Waals surface area contributed by atoms with Gasteiger partial charge in [-0.3, -0.25) is 14.5 Å². The van der Waals surface area contributed by atoms with Gasteiger partial charge in [-0.15, -0.1) is 0 Å². The third-order valence-corrected chi connectivity index (χ3v) is 4.38. The van der Waals surface area contributed by atoms with Crippen molar-refractivity contribution >= 4 is 39.2 Å². The van der Waals surface area contributed by atoms with Gasteiger partial charge in [0, 0.05) is 16.4 Å². The summed E-state index contributed by atoms with van der Waals surface area (Å²) >= 11 is 3.24. The highest BCUT2D eigenvalue weighted by atomic mass is 79.9. The second-order valence-electron chi connectivity index (χ2n) is 6.07. The number of carbonyl (C=O) groups is 2. The largest absolute Gasteiger partial charge is 0.416 e. The molecule has 1 aromatic carbocycles. The normalized spacial score (nSPS) is 12.5. The molecule has 1 heterocycles. The van der Waals surface area contributed by atoms with E-state index in [1.54, 1.807) is 32.3 Å². The Balaban J connectivity index is 1.89. The Morgan fingerprint density at radius 1 is 1.14 bits per heavy atom. The van der Waals surface area contributed by atoms with Crippen LogP contribution in [0.5, 0.6) is 0 Å². The fraction of sp³-hybridized carbons (Fsp3) is 0.278. The van der Waals surface area contributed by atoms with Crippen LogP contribution in [0.25, 0.3) is 0 Å². The van der Waals surface area contributed by atoms with Crippen LogP contribution in [0.3, 0.4) is 0 Å². The minimum Gasteiger partial charge on any atom is -0.325 e. The summed E-state index contributed by atoms with van der Waals surface area (Å²) in [6, 6.07) is 6.81. The molecule has 1 atom stereocenters. The highest BCUT2D eigenvalue weighted by Gasteiger charge is 2.30. The van der Waals surface area contributed by atoms with E-state index < -0.39 is 23.7 Å². The van der Waals surface area contributed by atoms with Crippen molar-refractivity contribution in [3.8, 4) is 0 Å². The lowest BCUT2D eigenvalue weighted by Crippen LogP contribution is -2.43. The molecular weight excluding hydrogens is 441 g/mol. The molecule has 0 aliphatic heterocycles. The maximum Gasteiger partial charge on any atom is 0.416 e. The standard InChI is InChI=1S/C18H18BrF3N4O2/c1-11(17(28)24-14-6-3-12(4-7-14)18(20,21)22)26(2)10-16(27)25-15-8-5-13(19)9-23-15/h3-9,11H,10H2,1-2H3,(H,24,28)(H,23,25,27). The molecule has 0 saturated carbocycles. The summed E-state index contributed by atoms with van der Waals surface area (Å²) in [4.78, 5) is 29.9. The molecule has 10 heteroatoms. The van der Waals surface area contributed by atoms with Crippen molar-refractivity contribution < 1.29 is 22.8 Å². The minimum atomic E-state index is -4.44. The van der Waals surface area contributed by atoms with Crippen LogP contribution in [0, 0.1) is 0 Å². The van der Waals surface area contributed by atoms with Crippen LogP contribution in [0.4, 0.5) is 24.7 Å². The number of anilines is 2. The van der Waals surface area contributed by atoms with Gasteiger partial charge in [0.15, 0.2) is 0 Å². The van der Waals surface area contributed by atoms with Gasteiger partial charge in [0.05, 0.1) is 18.2 Å². The van der Waals surface area contributed by atoms with Crippen molar-refractivity contribution in [2.75, 3.05) is 24.2 Å². The number of carbonyl (C=O) groups excluding carboxylic acids is 2. The van der Waals surface area contributed by atoms with Gasteiger partial charge in [0.1, 0.15) is 5.82 Å². The van der Waals surface area contributed by atoms with E-state index in [4.69, 9.17) is 0 Å². The number of amides is 2. The number of rotatable bonds is 6. The van der Waals surface area contributed by atoms with Gasteiger partial charge in [0.25, 0.3) is 0 Å². The predicted molar refractivity (Wildman–Crippen MR) is 103 cm³/mol. The predicted octanol–water partition coefficient (Wildman–Crippen LogP) is 3.76. The Hall–Kier alpha value is -2.46. The molecule has 150 valence electrons. The van der Waals surface area contributed by atoms with E-state index in [2.05, 4.69) is 31.5 Å². The zero-order chi connectivity index (χ0) is 20.9. The second kappa shape index (κ2) is 9.16. The Kier molecular flexibility index (Phi) is 7.14. The molecule has 1 aromatic heterocycles. The second-order valence-corrected chi connectivity index (χ2v) is 6.98. The summed E-state index contributed by atoms with van der Waals surface area (Å²) < 4.78 is 38.5. The molecule has 0 bridgehead atoms. The van der Waals surface area contributed by atoms with Gasteiger partial charge in [-0.05, 0) is 66.3 Å². The lowest BCUT2D eigenvalue weighted by atomic mass is 10.2. The maximum absolute atomic E-state index is 12.6. The maximum atomic E-state index is 12.6. The van der Waals surface area contributed by atoms with E-state index in [1.165, 1.54) is 17.0 Å². The first kappa shape index (κ1) is 21.8. The van der Waals surface area contributed by atoms with Crippen LogP contribution in [0.2, 0.25) is 0 Å². The average molecular weight is 459 g/mol. The number of aromatic nitrogens is 1. The molecule has 2 amide bonds. The highest BCUT2D eigenvalue weighted by molar-refractivity contribution is 9.10. The molecule has 0 aliphatic carbocycles. The summed E-state index contributed by atoms with van der Waals surface area (Å²) in [5, 5.41) is 5.15. The van der Waals surface area contributed by atoms with Crippen molar-refractivity contribution in [1.29, 1.82) is 0 Å². The van der Waals surface area contributed by atoms with Gasteiger partial charge >= 0.3 is 6.18 Å². The van der Waals surface area contributed by atoms with Crippen molar-refractivity contribution in [2.45, 2.75) is 19.1 Å². The first-order valence-electron chi connectivity index (χ1n) is 8.16. The van der Waals surface area contributed by atoms with Crippen LogP contribution >= 0.6 is 15.9 Å². The Labute approximate surface area is 168 Å². The fourth-order valence-corrected chi connectivity index (χ4v) is 2.42. The number of hydrogen-bond acceptors (Lipinski definition) is 4. The van der Waals surface area contributed by atoms with Crippen LogP contribution in [-0.2, 0) is 15.8 Å². The quantitative estimate of drug-likeness (QED) is 0.690. The van der Waals surface area contributed by atoms with Crippen LogP contribution in [-0.4, -0.2) is 41.3 Å². The Morgan fingerprint density at radius 3 is 2.32 bits per heavy atom. The number of pyridine rings is 1. The third-order valence-electron chi connectivity index (χ3n) is 3.91. The molecule has 1 unspecified atom stereocenters. The summed E-state index contributed by atoms with van der Waals surface area (Å²) in [7, 11) is 1.59. The van der Waals surface area contributed by atoms with Gasteiger partial charge in [0.2, 0.25) is 11.8 Å². The molecule has 0 spiro atoms. The molecule has 2 rings (SSSR count). The molecule has 28 heavy (non-hydrogen) atoms. The van der Waals surface area contributed by atoms with E-state index in [9.17, 15) is 22.8 Å². The van der Waals surface area contributed by atoms with E-state index in [0.717, 1.165) is 16.6 Å². The van der Waals surface area contributed by atoms with E-state index in [0.29, 0.717) is 5.82 Å². The average Bonchev–Trinajstić information content (AvgIpc) is 2.62. The number of likely N-dealkylation sites (N-methyl/N-ethyl adjacent to an activating group) is 1. The van der Waals surface area contributed by atoms with Gasteiger partial charge in [-0.25, -0.2) is 4.98 Å². The van der Waals surface area contributed by atoms with Crippen LogP contribution in [0.15, 0.2) is 47.1 Å². The smallest absolute Gasteiger partial charge is 0.325 e. The van der Waals surface area contributed by atoms with Gasteiger partial charge in [-0.1, -0.05) is 0 Å². The molecule has 2 aromatic rings. The third kappa shape index (κ3) is 6.31. The fourth-order valence-electron chi connectivity index (χ4n) is 2.18. The summed E-state index contributed by atoms with van der Waals surface area (Å²) in [6.07, 6.45) is -2.90. The molecule has 2 N–H and O–H groups in total. The number of halogens is 4. The van der Waals surface area contributed by atoms with Gasteiger partial charge < -0.3 is 10.6 Å². The first-order valence-corrected chi connectivity index (χ1v) is 8.95. The number of alkyl halides is 3. The Bertz CT molecular complexity index is 826. The number of benzene rings is 1. The van der Waals surface area contributed by atoms with Gasteiger partial charge in [-0.2, -0.15) is 13.2 Å². The zero-order valence-electron chi connectivity index (χ0n) is 15.0. The van der Waals surface area contributed by atoms with E-state index in [1.807, 2.05) is 0 Å². The van der Waals surface area contributed by atoms with Crippen LogP contribution in [0.1, 0.15) is 12.5 Å². The molecule has 0 fully saturated rings. The summed E-state index contributed by atoms with van der Waals surface area (Å²) in [5.41, 5.74) is -0.560. The number of hydrogen-bond donors (Lipinski definition) is 2. The first-order chi connectivity index (χ1) is 13.1. The molecule has 0 saturated heterocycles. The monoisotopic (exact) mass is 458 g/mol. The molecule has 6 nitrogen and oxygen atoms in total. The van der Waals surface area contributed by atoms with E-state index in [-0.39, 0.29) is 18.1 Å². The lowest BCUT2D eigenvalue weighted by Gasteiger charge is -2.23. The molecule has 0 radical (unpaired) electrons. The number of nitrogens with zero attached hydrogens (tertiary/aromatic N) is 2. The van der Waals surface area contributed by atoms with Crippen LogP contribution < -0.4 is 10.6 Å². The molecular formula is C18H18BrF3N4O2. The Morgan fingerprint density at radius 2 is 1.79 bits per heavy atom. The van der Waals surface area contributed by atoms with Crippen molar-refractivity contribution in [2.24, 2.45) is 0 Å². The summed E-state index contributed by atoms with van der Waals surface area (Å²) in [5.74, 6) is -0.424. The number of nitrogens with one attached hydrogen (secondary N) is 2. The van der Waals surface area contributed by atoms with Crippen molar-refractivity contribution in [3.05, 3.63) is 52.6 Å². The molecule has 0 aliphatic rings. The summed E-state index contributed by atoms with van der Waals surface area (Å²) in [6.45, 7) is 1.52. The SMILES string of the molecule is CC(C(=O)Nc1ccc(C(F)(F)F)cc1)N(C)CC(=O)Nc1ccc(Br)cn1. The lowest BCUT2D eigenvalue weighted by molar-refractivity contribution is -0.137. The van der Waals surface area contributed by atoms with Crippen molar-refractivity contribution in [1.82, 2.24) is 9.88 Å². The highest BCUT2D eigenvalue weighted by Crippen LogP contribution is 2.29. The minimum absolute atomic E-state index is 0.0701. The topological polar surface area (TPSA) is 74.3 Å². The van der Waals surface area contributed by atoms with E-state index >= 15 is 0 Å². The van der Waals surface area contributed by atoms with Crippen molar-refractivity contribution in [3.63, 3.8) is 0 Å². The zero-order valence-corrected chi connectivity index (χ0v) is 16.6.